The highest BCUT2D eigenvalue weighted by Crippen LogP contribution is 2.21. The first-order chi connectivity index (χ1) is 7.63. The summed E-state index contributed by atoms with van der Waals surface area (Å²) in [6, 6.07) is 3.84. The molecule has 0 bridgehead atoms. The number of rotatable bonds is 2. The lowest BCUT2D eigenvalue weighted by molar-refractivity contribution is 0.692. The Labute approximate surface area is 94.4 Å². The third-order valence-electron chi connectivity index (χ3n) is 2.48. The predicted molar refractivity (Wildman–Crippen MR) is 61.0 cm³/mol. The largest absolute Gasteiger partial charge is 0.237 e. The molecule has 0 atom stereocenters. The average Bonchev–Trinajstić information content (AvgIpc) is 2.83. The molecule has 80 valence electrons. The molecule has 4 heteroatoms. The van der Waals surface area contributed by atoms with E-state index in [2.05, 4.69) is 21.0 Å². The van der Waals surface area contributed by atoms with Crippen LogP contribution in [0, 0.1) is 12.3 Å². The van der Waals surface area contributed by atoms with E-state index in [1.807, 2.05) is 26.0 Å². The van der Waals surface area contributed by atoms with Crippen molar-refractivity contribution >= 4 is 0 Å². The summed E-state index contributed by atoms with van der Waals surface area (Å²) in [5.41, 5.74) is 0.715. The zero-order chi connectivity index (χ0) is 11.6. The van der Waals surface area contributed by atoms with Gasteiger partial charge in [0.25, 0.3) is 0 Å². The molecule has 0 spiro atoms. The van der Waals surface area contributed by atoms with Gasteiger partial charge < -0.3 is 0 Å². The van der Waals surface area contributed by atoms with Crippen molar-refractivity contribution in [2.24, 2.45) is 0 Å². The van der Waals surface area contributed by atoms with Gasteiger partial charge in [-0.15, -0.1) is 6.42 Å². The quantitative estimate of drug-likeness (QED) is 0.710. The Morgan fingerprint density at radius 2 is 2.19 bits per heavy atom. The van der Waals surface area contributed by atoms with Crippen LogP contribution in [0.15, 0.2) is 31.0 Å². The van der Waals surface area contributed by atoms with Crippen molar-refractivity contribution in [1.29, 1.82) is 0 Å². The zero-order valence-electron chi connectivity index (χ0n) is 9.25. The highest BCUT2D eigenvalue weighted by atomic mass is 15.3. The maximum absolute atomic E-state index is 5.47. The van der Waals surface area contributed by atoms with Gasteiger partial charge in [0.05, 0.1) is 5.41 Å². The van der Waals surface area contributed by atoms with E-state index in [0.717, 1.165) is 11.4 Å². The molecule has 0 amide bonds. The summed E-state index contributed by atoms with van der Waals surface area (Å²) in [6.45, 7) is 3.97. The minimum absolute atomic E-state index is 0.298. The van der Waals surface area contributed by atoms with Crippen LogP contribution in [0.4, 0.5) is 0 Å². The molecule has 0 aliphatic heterocycles. The standard InChI is InChI=1S/C12H12N4/c1-4-12(2,3)10-5-6-11(14-7-10)16-9-13-8-15-16/h1,5-9H,2-3H3. The zero-order valence-corrected chi connectivity index (χ0v) is 9.25. The fourth-order valence-electron chi connectivity index (χ4n) is 1.30. The molecule has 2 aromatic rings. The molecular formula is C12H12N4. The van der Waals surface area contributed by atoms with Crippen LogP contribution in [0.3, 0.4) is 0 Å². The lowest BCUT2D eigenvalue weighted by atomic mass is 9.87. The number of nitrogens with zero attached hydrogens (tertiary/aromatic N) is 4. The van der Waals surface area contributed by atoms with Gasteiger partial charge in [0.15, 0.2) is 5.82 Å². The van der Waals surface area contributed by atoms with Crippen molar-refractivity contribution in [3.05, 3.63) is 36.5 Å². The number of hydrogen-bond donors (Lipinski definition) is 0. The van der Waals surface area contributed by atoms with Gasteiger partial charge in [-0.05, 0) is 25.5 Å². The Morgan fingerprint density at radius 1 is 1.38 bits per heavy atom. The second kappa shape index (κ2) is 3.78. The summed E-state index contributed by atoms with van der Waals surface area (Å²) < 4.78 is 1.60. The highest BCUT2D eigenvalue weighted by Gasteiger charge is 2.17. The molecule has 0 radical (unpaired) electrons. The molecule has 0 unspecified atom stereocenters. The van der Waals surface area contributed by atoms with Gasteiger partial charge in [-0.2, -0.15) is 5.10 Å². The minimum atomic E-state index is -0.298. The molecule has 0 saturated carbocycles. The SMILES string of the molecule is C#CC(C)(C)c1ccc(-n2cncn2)nc1. The molecule has 0 aliphatic carbocycles. The molecule has 4 nitrogen and oxygen atoms in total. The molecule has 2 rings (SSSR count). The van der Waals surface area contributed by atoms with Crippen molar-refractivity contribution in [2.75, 3.05) is 0 Å². The molecule has 0 aromatic carbocycles. The normalized spacial score (nSPS) is 11.1. The lowest BCUT2D eigenvalue weighted by Crippen LogP contribution is -2.14. The Balaban J connectivity index is 2.35. The van der Waals surface area contributed by atoms with Crippen molar-refractivity contribution in [3.8, 4) is 18.2 Å². The molecule has 16 heavy (non-hydrogen) atoms. The van der Waals surface area contributed by atoms with Gasteiger partial charge in [0.2, 0.25) is 0 Å². The topological polar surface area (TPSA) is 43.6 Å². The van der Waals surface area contributed by atoms with Crippen molar-refractivity contribution in [3.63, 3.8) is 0 Å². The van der Waals surface area contributed by atoms with E-state index in [9.17, 15) is 0 Å². The van der Waals surface area contributed by atoms with E-state index in [0.29, 0.717) is 0 Å². The number of aromatic nitrogens is 4. The van der Waals surface area contributed by atoms with Crippen LogP contribution < -0.4 is 0 Å². The van der Waals surface area contributed by atoms with Crippen LogP contribution in [0.1, 0.15) is 19.4 Å². The second-order valence-electron chi connectivity index (χ2n) is 4.01. The summed E-state index contributed by atoms with van der Waals surface area (Å²) >= 11 is 0. The first-order valence-corrected chi connectivity index (χ1v) is 4.93. The second-order valence-corrected chi connectivity index (χ2v) is 4.01. The summed E-state index contributed by atoms with van der Waals surface area (Å²) in [6.07, 6.45) is 10.3. The van der Waals surface area contributed by atoms with E-state index in [-0.39, 0.29) is 5.41 Å². The Bertz CT molecular complexity index is 503. The molecule has 0 fully saturated rings. The first-order valence-electron chi connectivity index (χ1n) is 4.93. The predicted octanol–water partition coefficient (Wildman–Crippen LogP) is 1.57. The maximum atomic E-state index is 5.47. The van der Waals surface area contributed by atoms with Crippen molar-refractivity contribution < 1.29 is 0 Å². The van der Waals surface area contributed by atoms with Crippen LogP contribution in [0.2, 0.25) is 0 Å². The molecule has 0 aliphatic rings. The molecular weight excluding hydrogens is 200 g/mol. The minimum Gasteiger partial charge on any atom is -0.237 e. The van der Waals surface area contributed by atoms with E-state index in [4.69, 9.17) is 6.42 Å². The fourth-order valence-corrected chi connectivity index (χ4v) is 1.30. The van der Waals surface area contributed by atoms with Gasteiger partial charge in [-0.25, -0.2) is 14.6 Å². The van der Waals surface area contributed by atoms with E-state index in [1.54, 1.807) is 17.2 Å². The number of hydrogen-bond acceptors (Lipinski definition) is 3. The first kappa shape index (κ1) is 10.4. The third kappa shape index (κ3) is 1.80. The van der Waals surface area contributed by atoms with E-state index >= 15 is 0 Å². The average molecular weight is 212 g/mol. The van der Waals surface area contributed by atoms with Crippen LogP contribution >= 0.6 is 0 Å². The van der Waals surface area contributed by atoms with E-state index in [1.165, 1.54) is 6.33 Å². The van der Waals surface area contributed by atoms with Crippen LogP contribution in [-0.4, -0.2) is 19.7 Å². The van der Waals surface area contributed by atoms with Gasteiger partial charge in [0.1, 0.15) is 12.7 Å². The highest BCUT2D eigenvalue weighted by molar-refractivity contribution is 5.33. The summed E-state index contributed by atoms with van der Waals surface area (Å²) in [4.78, 5) is 8.17. The molecule has 0 N–H and O–H groups in total. The monoisotopic (exact) mass is 212 g/mol. The Kier molecular flexibility index (Phi) is 2.45. The van der Waals surface area contributed by atoms with Crippen molar-refractivity contribution in [1.82, 2.24) is 19.7 Å². The summed E-state index contributed by atoms with van der Waals surface area (Å²) in [5.74, 6) is 3.47. The molecule has 0 saturated heterocycles. The van der Waals surface area contributed by atoms with E-state index < -0.39 is 0 Å². The Hall–Kier alpha value is -2.15. The van der Waals surface area contributed by atoms with Crippen LogP contribution in [0.5, 0.6) is 0 Å². The van der Waals surface area contributed by atoms with Gasteiger partial charge in [-0.1, -0.05) is 12.0 Å². The lowest BCUT2D eigenvalue weighted by Gasteiger charge is -2.17. The smallest absolute Gasteiger partial charge is 0.155 e. The fraction of sp³-hybridized carbons (Fsp3) is 0.250. The van der Waals surface area contributed by atoms with Gasteiger partial charge in [-0.3, -0.25) is 0 Å². The third-order valence-corrected chi connectivity index (χ3v) is 2.48. The van der Waals surface area contributed by atoms with Crippen LogP contribution in [0.25, 0.3) is 5.82 Å². The van der Waals surface area contributed by atoms with Gasteiger partial charge >= 0.3 is 0 Å². The summed E-state index contributed by atoms with van der Waals surface area (Å²) in [7, 11) is 0. The van der Waals surface area contributed by atoms with Crippen molar-refractivity contribution in [2.45, 2.75) is 19.3 Å². The number of pyridine rings is 1. The van der Waals surface area contributed by atoms with Gasteiger partial charge in [0, 0.05) is 6.20 Å². The Morgan fingerprint density at radius 3 is 2.69 bits per heavy atom. The molecule has 2 aromatic heterocycles. The molecule has 2 heterocycles. The maximum Gasteiger partial charge on any atom is 0.155 e. The van der Waals surface area contributed by atoms with Crippen LogP contribution in [-0.2, 0) is 5.41 Å². The number of terminal acetylenes is 1. The summed E-state index contributed by atoms with van der Waals surface area (Å²) in [5, 5.41) is 4.00.